The van der Waals surface area contributed by atoms with Gasteiger partial charge in [0.15, 0.2) is 0 Å². The van der Waals surface area contributed by atoms with Gasteiger partial charge in [0.2, 0.25) is 0 Å². The summed E-state index contributed by atoms with van der Waals surface area (Å²) < 4.78 is 0. The molecule has 1 heterocycles. The molecular weight excluding hydrogens is 136 g/mol. The van der Waals surface area contributed by atoms with Gasteiger partial charge in [-0.1, -0.05) is 13.8 Å². The third-order valence-electron chi connectivity index (χ3n) is 1.62. The predicted molar refractivity (Wildman–Crippen MR) is 46.2 cm³/mol. The summed E-state index contributed by atoms with van der Waals surface area (Å²) in [4.78, 5) is 4.00. The van der Waals surface area contributed by atoms with Crippen molar-refractivity contribution in [3.63, 3.8) is 0 Å². The summed E-state index contributed by atoms with van der Waals surface area (Å²) in [6, 6.07) is 3.93. The molecule has 0 aliphatic rings. The van der Waals surface area contributed by atoms with Gasteiger partial charge in [0, 0.05) is 12.4 Å². The summed E-state index contributed by atoms with van der Waals surface area (Å²) >= 11 is 0. The van der Waals surface area contributed by atoms with Gasteiger partial charge in [-0.05, 0) is 23.6 Å². The summed E-state index contributed by atoms with van der Waals surface area (Å²) in [5.74, 6) is 0.511. The minimum absolute atomic E-state index is 0.511. The topological polar surface area (TPSA) is 36.7 Å². The first kappa shape index (κ1) is 7.92. The van der Waals surface area contributed by atoms with Crippen LogP contribution < -0.4 is 0 Å². The lowest BCUT2D eigenvalue weighted by Gasteiger charge is -2.03. The normalized spacial score (nSPS) is 10.1. The average Bonchev–Trinajstić information content (AvgIpc) is 2.05. The third kappa shape index (κ3) is 1.87. The maximum atomic E-state index is 6.99. The van der Waals surface area contributed by atoms with Gasteiger partial charge in [0.05, 0.1) is 5.69 Å². The van der Waals surface area contributed by atoms with Gasteiger partial charge in [-0.25, -0.2) is 0 Å². The average molecular weight is 148 g/mol. The molecule has 58 valence electrons. The van der Waals surface area contributed by atoms with Crippen molar-refractivity contribution in [1.82, 2.24) is 4.98 Å². The van der Waals surface area contributed by atoms with Gasteiger partial charge in [-0.15, -0.1) is 0 Å². The molecule has 0 spiro atoms. The smallest absolute Gasteiger partial charge is 0.0807 e. The Bertz CT molecular complexity index is 253. The van der Waals surface area contributed by atoms with E-state index in [0.29, 0.717) is 5.92 Å². The third-order valence-corrected chi connectivity index (χ3v) is 1.62. The predicted octanol–water partition coefficient (Wildman–Crippen LogP) is 2.20. The van der Waals surface area contributed by atoms with Crippen LogP contribution in [0.15, 0.2) is 18.3 Å². The second-order valence-electron chi connectivity index (χ2n) is 2.81. The van der Waals surface area contributed by atoms with E-state index in [2.05, 4.69) is 18.8 Å². The second kappa shape index (κ2) is 3.28. The molecule has 0 amide bonds. The molecule has 1 N–H and O–H groups in total. The molecule has 0 saturated carbocycles. The number of nitrogens with one attached hydrogen (secondary N) is 1. The lowest BCUT2D eigenvalue weighted by Crippen LogP contribution is -1.91. The van der Waals surface area contributed by atoms with E-state index < -0.39 is 0 Å². The Balaban J connectivity index is 3.00. The lowest BCUT2D eigenvalue weighted by atomic mass is 10.0. The molecule has 0 aliphatic carbocycles. The molecular formula is C9H12N2. The van der Waals surface area contributed by atoms with Gasteiger partial charge in [0.25, 0.3) is 0 Å². The van der Waals surface area contributed by atoms with E-state index in [1.807, 2.05) is 12.1 Å². The fraction of sp³-hybridized carbons (Fsp3) is 0.333. The van der Waals surface area contributed by atoms with E-state index in [1.165, 1.54) is 11.8 Å². The van der Waals surface area contributed by atoms with Crippen LogP contribution >= 0.6 is 0 Å². The lowest BCUT2D eigenvalue weighted by molar-refractivity contribution is 0.862. The fourth-order valence-corrected chi connectivity index (χ4v) is 0.904. The van der Waals surface area contributed by atoms with Crippen molar-refractivity contribution in [3.05, 3.63) is 29.6 Å². The highest BCUT2D eigenvalue weighted by molar-refractivity contribution is 5.74. The highest BCUT2D eigenvalue weighted by Crippen LogP contribution is 2.12. The SMILES string of the molecule is CC(C)c1ccnc(C=N)c1. The van der Waals surface area contributed by atoms with Gasteiger partial charge >= 0.3 is 0 Å². The van der Waals surface area contributed by atoms with Gasteiger partial charge in [-0.3, -0.25) is 4.98 Å². The van der Waals surface area contributed by atoms with E-state index in [1.54, 1.807) is 6.20 Å². The zero-order valence-electron chi connectivity index (χ0n) is 6.83. The number of pyridine rings is 1. The minimum atomic E-state index is 0.511. The van der Waals surface area contributed by atoms with Crippen LogP contribution in [0.1, 0.15) is 31.0 Å². The van der Waals surface area contributed by atoms with E-state index in [9.17, 15) is 0 Å². The Hall–Kier alpha value is -1.18. The molecule has 0 atom stereocenters. The zero-order valence-corrected chi connectivity index (χ0v) is 6.83. The molecule has 2 heteroatoms. The van der Waals surface area contributed by atoms with Gasteiger partial charge in [-0.2, -0.15) is 0 Å². The summed E-state index contributed by atoms with van der Waals surface area (Å²) in [6.45, 7) is 4.26. The quantitative estimate of drug-likeness (QED) is 0.641. The summed E-state index contributed by atoms with van der Waals surface area (Å²) in [5, 5.41) is 6.99. The van der Waals surface area contributed by atoms with Crippen molar-refractivity contribution in [2.75, 3.05) is 0 Å². The molecule has 1 rings (SSSR count). The molecule has 1 aromatic heterocycles. The van der Waals surface area contributed by atoms with Crippen LogP contribution in [0.5, 0.6) is 0 Å². The maximum Gasteiger partial charge on any atom is 0.0807 e. The highest BCUT2D eigenvalue weighted by atomic mass is 14.7. The molecule has 0 bridgehead atoms. The van der Waals surface area contributed by atoms with Crippen LogP contribution in [0.3, 0.4) is 0 Å². The van der Waals surface area contributed by atoms with Crippen LogP contribution in [0, 0.1) is 5.41 Å². The monoisotopic (exact) mass is 148 g/mol. The first-order chi connectivity index (χ1) is 5.24. The molecule has 0 unspecified atom stereocenters. The Morgan fingerprint density at radius 1 is 1.55 bits per heavy atom. The zero-order chi connectivity index (χ0) is 8.27. The van der Waals surface area contributed by atoms with Crippen molar-refractivity contribution in [3.8, 4) is 0 Å². The van der Waals surface area contributed by atoms with Crippen molar-refractivity contribution >= 4 is 6.21 Å². The molecule has 0 radical (unpaired) electrons. The number of nitrogens with zero attached hydrogens (tertiary/aromatic N) is 1. The molecule has 1 aromatic rings. The fourth-order valence-electron chi connectivity index (χ4n) is 0.904. The summed E-state index contributed by atoms with van der Waals surface area (Å²) in [7, 11) is 0. The number of hydrogen-bond acceptors (Lipinski definition) is 2. The summed E-state index contributed by atoms with van der Waals surface area (Å²) in [5.41, 5.74) is 1.97. The molecule has 11 heavy (non-hydrogen) atoms. The van der Waals surface area contributed by atoms with Crippen LogP contribution in [-0.2, 0) is 0 Å². The van der Waals surface area contributed by atoms with E-state index in [-0.39, 0.29) is 0 Å². The van der Waals surface area contributed by atoms with Crippen LogP contribution in [-0.4, -0.2) is 11.2 Å². The molecule has 0 aromatic carbocycles. The van der Waals surface area contributed by atoms with Crippen LogP contribution in [0.2, 0.25) is 0 Å². The molecule has 0 fully saturated rings. The Kier molecular flexibility index (Phi) is 2.36. The first-order valence-corrected chi connectivity index (χ1v) is 3.70. The Labute approximate surface area is 66.8 Å². The van der Waals surface area contributed by atoms with E-state index in [4.69, 9.17) is 5.41 Å². The van der Waals surface area contributed by atoms with Crippen molar-refractivity contribution in [1.29, 1.82) is 5.41 Å². The maximum absolute atomic E-state index is 6.99. The first-order valence-electron chi connectivity index (χ1n) is 3.70. The van der Waals surface area contributed by atoms with Crippen LogP contribution in [0.4, 0.5) is 0 Å². The van der Waals surface area contributed by atoms with Gasteiger partial charge in [0.1, 0.15) is 0 Å². The second-order valence-corrected chi connectivity index (χ2v) is 2.81. The number of rotatable bonds is 2. The van der Waals surface area contributed by atoms with E-state index >= 15 is 0 Å². The minimum Gasteiger partial charge on any atom is -0.307 e. The van der Waals surface area contributed by atoms with Crippen LogP contribution in [0.25, 0.3) is 0 Å². The van der Waals surface area contributed by atoms with Crippen molar-refractivity contribution in [2.24, 2.45) is 0 Å². The Morgan fingerprint density at radius 3 is 2.82 bits per heavy atom. The molecule has 0 saturated heterocycles. The molecule has 2 nitrogen and oxygen atoms in total. The number of hydrogen-bond donors (Lipinski definition) is 1. The van der Waals surface area contributed by atoms with Crippen molar-refractivity contribution in [2.45, 2.75) is 19.8 Å². The van der Waals surface area contributed by atoms with Crippen molar-refractivity contribution < 1.29 is 0 Å². The number of aromatic nitrogens is 1. The largest absolute Gasteiger partial charge is 0.307 e. The molecule has 0 aliphatic heterocycles. The van der Waals surface area contributed by atoms with E-state index in [0.717, 1.165) is 5.69 Å². The van der Waals surface area contributed by atoms with Gasteiger partial charge < -0.3 is 5.41 Å². The Morgan fingerprint density at radius 2 is 2.27 bits per heavy atom. The standard InChI is InChI=1S/C9H12N2/c1-7(2)8-3-4-11-9(5-8)6-10/h3-7,10H,1-2H3. The highest BCUT2D eigenvalue weighted by Gasteiger charge is 1.98. The summed E-state index contributed by atoms with van der Waals surface area (Å²) in [6.07, 6.45) is 3.02.